The monoisotopic (exact) mass is 351 g/mol. The van der Waals surface area contributed by atoms with Gasteiger partial charge in [0.05, 0.1) is 5.56 Å². The van der Waals surface area contributed by atoms with E-state index in [4.69, 9.17) is 9.15 Å². The van der Waals surface area contributed by atoms with Crippen molar-refractivity contribution in [1.29, 1.82) is 0 Å². The molecule has 1 unspecified atom stereocenters. The zero-order chi connectivity index (χ0) is 17.8. The maximum atomic E-state index is 10.4. The molecule has 0 radical (unpaired) electrons. The fourth-order valence-corrected chi connectivity index (χ4v) is 3.31. The predicted octanol–water partition coefficient (Wildman–Crippen LogP) is 2.53. The summed E-state index contributed by atoms with van der Waals surface area (Å²) in [5, 5.41) is 18.0. The van der Waals surface area contributed by atoms with E-state index in [1.54, 1.807) is 0 Å². The molecule has 0 saturated heterocycles. The molecule has 0 amide bonds. The van der Waals surface area contributed by atoms with Crippen LogP contribution in [-0.4, -0.2) is 46.0 Å². The molecule has 6 nitrogen and oxygen atoms in total. The van der Waals surface area contributed by atoms with Gasteiger partial charge in [-0.25, -0.2) is 0 Å². The molecule has 0 fully saturated rings. The Labute approximate surface area is 152 Å². The molecule has 0 spiro atoms. The van der Waals surface area contributed by atoms with Crippen LogP contribution in [0.15, 0.2) is 59.3 Å². The molecule has 0 saturated carbocycles. The molecule has 0 bridgehead atoms. The lowest BCUT2D eigenvalue weighted by Gasteiger charge is -2.30. The minimum Gasteiger partial charge on any atom is -0.490 e. The fourth-order valence-electron chi connectivity index (χ4n) is 3.31. The number of ether oxygens (including phenoxy) is 1. The van der Waals surface area contributed by atoms with E-state index >= 15 is 0 Å². The summed E-state index contributed by atoms with van der Waals surface area (Å²) in [4.78, 5) is 2.26. The smallest absolute Gasteiger partial charge is 0.251 e. The number of rotatable bonds is 6. The van der Waals surface area contributed by atoms with E-state index < -0.39 is 6.10 Å². The number of aliphatic hydroxyl groups excluding tert-OH is 1. The number of fused-ring (bicyclic) bond motifs is 1. The molecular formula is C20H21N3O3. The first kappa shape index (κ1) is 16.8. The van der Waals surface area contributed by atoms with Gasteiger partial charge in [0.25, 0.3) is 5.89 Å². The minimum absolute atomic E-state index is 0.212. The Morgan fingerprint density at radius 1 is 1.12 bits per heavy atom. The predicted molar refractivity (Wildman–Crippen MR) is 96.7 cm³/mol. The molecule has 1 aromatic heterocycles. The number of benzene rings is 2. The van der Waals surface area contributed by atoms with Gasteiger partial charge in [-0.15, -0.1) is 10.2 Å². The number of aromatic nitrogens is 2. The number of para-hydroxylation sites is 1. The lowest BCUT2D eigenvalue weighted by atomic mass is 10.00. The molecule has 1 aliphatic rings. The number of nitrogens with zero attached hydrogens (tertiary/aromatic N) is 3. The van der Waals surface area contributed by atoms with Crippen LogP contribution in [0.25, 0.3) is 11.5 Å². The van der Waals surface area contributed by atoms with Gasteiger partial charge in [-0.2, -0.15) is 0 Å². The number of β-amino-alcohol motifs (C(OH)–C–C–N with tert-alkyl or cyclic N) is 1. The van der Waals surface area contributed by atoms with Crippen molar-refractivity contribution in [2.24, 2.45) is 0 Å². The Kier molecular flexibility index (Phi) is 4.95. The standard InChI is InChI=1S/C20H21N3O3/c24-17(12-23-10-9-15-5-1-2-6-16(15)11-23)13-25-19-8-4-3-7-18(19)20-22-21-14-26-20/h1-8,14,17,24H,9-13H2. The normalized spacial score (nSPS) is 15.4. The zero-order valence-corrected chi connectivity index (χ0v) is 14.4. The van der Waals surface area contributed by atoms with E-state index in [0.717, 1.165) is 25.1 Å². The molecule has 1 atom stereocenters. The SMILES string of the molecule is OC(COc1ccccc1-c1nnco1)CN1CCc2ccccc2C1. The number of hydrogen-bond acceptors (Lipinski definition) is 6. The first-order valence-corrected chi connectivity index (χ1v) is 8.75. The summed E-state index contributed by atoms with van der Waals surface area (Å²) in [6, 6.07) is 15.9. The van der Waals surface area contributed by atoms with E-state index in [2.05, 4.69) is 39.4 Å². The summed E-state index contributed by atoms with van der Waals surface area (Å²) in [6.45, 7) is 2.61. The van der Waals surface area contributed by atoms with Gasteiger partial charge in [-0.1, -0.05) is 36.4 Å². The van der Waals surface area contributed by atoms with Crippen molar-refractivity contribution in [3.63, 3.8) is 0 Å². The van der Waals surface area contributed by atoms with Gasteiger partial charge in [0.1, 0.15) is 18.5 Å². The van der Waals surface area contributed by atoms with Crippen LogP contribution in [-0.2, 0) is 13.0 Å². The molecule has 6 heteroatoms. The third kappa shape index (κ3) is 3.76. The molecule has 3 aromatic rings. The molecular weight excluding hydrogens is 330 g/mol. The number of hydrogen-bond donors (Lipinski definition) is 1. The quantitative estimate of drug-likeness (QED) is 0.736. The third-order valence-electron chi connectivity index (χ3n) is 4.59. The summed E-state index contributed by atoms with van der Waals surface area (Å²) in [6.07, 6.45) is 1.73. The zero-order valence-electron chi connectivity index (χ0n) is 14.4. The second kappa shape index (κ2) is 7.68. The van der Waals surface area contributed by atoms with Crippen LogP contribution in [0.5, 0.6) is 5.75 Å². The average molecular weight is 351 g/mol. The Morgan fingerprint density at radius 2 is 1.92 bits per heavy atom. The van der Waals surface area contributed by atoms with Crippen LogP contribution >= 0.6 is 0 Å². The van der Waals surface area contributed by atoms with Gasteiger partial charge >= 0.3 is 0 Å². The second-order valence-corrected chi connectivity index (χ2v) is 6.46. The van der Waals surface area contributed by atoms with Gasteiger partial charge in [0.2, 0.25) is 6.39 Å². The summed E-state index contributed by atoms with van der Waals surface area (Å²) < 4.78 is 11.1. The molecule has 2 aromatic carbocycles. The molecule has 4 rings (SSSR count). The van der Waals surface area contributed by atoms with Crippen molar-refractivity contribution in [3.8, 4) is 17.2 Å². The van der Waals surface area contributed by atoms with Crippen LogP contribution < -0.4 is 4.74 Å². The minimum atomic E-state index is -0.573. The highest BCUT2D eigenvalue weighted by atomic mass is 16.5. The lowest BCUT2D eigenvalue weighted by molar-refractivity contribution is 0.0639. The highest BCUT2D eigenvalue weighted by Gasteiger charge is 2.19. The fraction of sp³-hybridized carbons (Fsp3) is 0.300. The number of aliphatic hydroxyl groups is 1. The first-order chi connectivity index (χ1) is 12.8. The van der Waals surface area contributed by atoms with E-state index in [9.17, 15) is 5.11 Å². The third-order valence-corrected chi connectivity index (χ3v) is 4.59. The van der Waals surface area contributed by atoms with E-state index in [-0.39, 0.29) is 6.61 Å². The van der Waals surface area contributed by atoms with Gasteiger partial charge in [0.15, 0.2) is 0 Å². The van der Waals surface area contributed by atoms with Crippen LogP contribution in [0.3, 0.4) is 0 Å². The van der Waals surface area contributed by atoms with Crippen LogP contribution in [0.2, 0.25) is 0 Å². The van der Waals surface area contributed by atoms with Gasteiger partial charge < -0.3 is 14.3 Å². The van der Waals surface area contributed by atoms with Crippen LogP contribution in [0, 0.1) is 0 Å². The van der Waals surface area contributed by atoms with E-state index in [1.165, 1.54) is 17.5 Å². The Bertz CT molecular complexity index is 851. The Hall–Kier alpha value is -2.70. The van der Waals surface area contributed by atoms with Crippen LogP contribution in [0.1, 0.15) is 11.1 Å². The highest BCUT2D eigenvalue weighted by Crippen LogP contribution is 2.28. The molecule has 1 N–H and O–H groups in total. The maximum absolute atomic E-state index is 10.4. The van der Waals surface area contributed by atoms with Crippen LogP contribution in [0.4, 0.5) is 0 Å². The van der Waals surface area contributed by atoms with Crippen molar-refractivity contribution in [2.45, 2.75) is 19.1 Å². The van der Waals surface area contributed by atoms with Gasteiger partial charge in [0, 0.05) is 19.6 Å². The summed E-state index contributed by atoms with van der Waals surface area (Å²) in [5.74, 6) is 1.03. The van der Waals surface area contributed by atoms with Crippen molar-refractivity contribution < 1.29 is 14.3 Å². The summed E-state index contributed by atoms with van der Waals surface area (Å²) >= 11 is 0. The van der Waals surface area contributed by atoms with Crippen molar-refractivity contribution in [2.75, 3.05) is 19.7 Å². The average Bonchev–Trinajstić information content (AvgIpc) is 3.21. The molecule has 1 aliphatic heterocycles. The Balaban J connectivity index is 1.35. The summed E-state index contributed by atoms with van der Waals surface area (Å²) in [5.41, 5.74) is 3.47. The Morgan fingerprint density at radius 3 is 2.77 bits per heavy atom. The first-order valence-electron chi connectivity index (χ1n) is 8.75. The highest BCUT2D eigenvalue weighted by molar-refractivity contribution is 5.62. The van der Waals surface area contributed by atoms with Crippen molar-refractivity contribution in [3.05, 3.63) is 66.1 Å². The maximum Gasteiger partial charge on any atom is 0.251 e. The molecule has 134 valence electrons. The van der Waals surface area contributed by atoms with Crippen molar-refractivity contribution in [1.82, 2.24) is 15.1 Å². The van der Waals surface area contributed by atoms with E-state index in [1.807, 2.05) is 24.3 Å². The van der Waals surface area contributed by atoms with Gasteiger partial charge in [-0.3, -0.25) is 4.90 Å². The van der Waals surface area contributed by atoms with Gasteiger partial charge in [-0.05, 0) is 29.7 Å². The molecule has 0 aliphatic carbocycles. The lowest BCUT2D eigenvalue weighted by Crippen LogP contribution is -2.38. The largest absolute Gasteiger partial charge is 0.490 e. The molecule has 26 heavy (non-hydrogen) atoms. The summed E-state index contributed by atoms with van der Waals surface area (Å²) in [7, 11) is 0. The molecule has 2 heterocycles. The second-order valence-electron chi connectivity index (χ2n) is 6.46. The van der Waals surface area contributed by atoms with E-state index in [0.29, 0.717) is 18.2 Å². The topological polar surface area (TPSA) is 71.6 Å². The van der Waals surface area contributed by atoms with Crippen molar-refractivity contribution >= 4 is 0 Å².